The van der Waals surface area contributed by atoms with Gasteiger partial charge in [0.2, 0.25) is 0 Å². The van der Waals surface area contributed by atoms with E-state index >= 15 is 0 Å². The normalized spacial score (nSPS) is 14.3. The summed E-state index contributed by atoms with van der Waals surface area (Å²) in [4.78, 5) is 12.8. The highest BCUT2D eigenvalue weighted by molar-refractivity contribution is 6.12. The van der Waals surface area contributed by atoms with Gasteiger partial charge in [0.1, 0.15) is 0 Å². The zero-order valence-corrected chi connectivity index (χ0v) is 12.4. The van der Waals surface area contributed by atoms with Gasteiger partial charge < -0.3 is 0 Å². The first-order valence-electron chi connectivity index (χ1n) is 7.24. The highest BCUT2D eigenvalue weighted by Gasteiger charge is 2.19. The summed E-state index contributed by atoms with van der Waals surface area (Å²) in [6, 6.07) is 17.4. The molecule has 0 N–H and O–H groups in total. The summed E-state index contributed by atoms with van der Waals surface area (Å²) in [6.45, 7) is 4.27. The third-order valence-electron chi connectivity index (χ3n) is 4.19. The monoisotopic (exact) mass is 274 g/mol. The van der Waals surface area contributed by atoms with Gasteiger partial charge in [0.25, 0.3) is 0 Å². The summed E-state index contributed by atoms with van der Waals surface area (Å²) in [7, 11) is 0. The maximum atomic E-state index is 12.8. The molecule has 1 aliphatic rings. The average molecular weight is 274 g/mol. The molecular formula is C20H18O. The molecular weight excluding hydrogens is 256 g/mol. The number of hydrogen-bond acceptors (Lipinski definition) is 1. The molecule has 0 aromatic heterocycles. The van der Waals surface area contributed by atoms with Crippen molar-refractivity contribution in [1.82, 2.24) is 0 Å². The van der Waals surface area contributed by atoms with Crippen LogP contribution in [0.3, 0.4) is 0 Å². The van der Waals surface area contributed by atoms with Crippen molar-refractivity contribution in [2.24, 2.45) is 0 Å². The molecule has 0 fully saturated rings. The van der Waals surface area contributed by atoms with Crippen LogP contribution in [0.25, 0.3) is 5.57 Å². The standard InChI is InChI=1S/C20H18O/c1-14-12-13-17(15(14)2)18-10-6-7-11-19(18)20(21)16-8-4-3-5-9-16/h3-12H,13H2,1-2H3. The summed E-state index contributed by atoms with van der Waals surface area (Å²) in [5.41, 5.74) is 6.48. The van der Waals surface area contributed by atoms with Gasteiger partial charge in [0.05, 0.1) is 0 Å². The lowest BCUT2D eigenvalue weighted by Gasteiger charge is -2.11. The minimum Gasteiger partial charge on any atom is -0.289 e. The lowest BCUT2D eigenvalue weighted by atomic mass is 9.91. The van der Waals surface area contributed by atoms with Gasteiger partial charge in [-0.25, -0.2) is 0 Å². The van der Waals surface area contributed by atoms with E-state index in [4.69, 9.17) is 0 Å². The highest BCUT2D eigenvalue weighted by Crippen LogP contribution is 2.35. The maximum absolute atomic E-state index is 12.8. The SMILES string of the molecule is CC1=CCC(c2ccccc2C(=O)c2ccccc2)=C1C. The Labute approximate surface area is 125 Å². The molecule has 0 amide bonds. The number of carbonyl (C=O) groups excluding carboxylic acids is 1. The van der Waals surface area contributed by atoms with Gasteiger partial charge in [-0.15, -0.1) is 0 Å². The van der Waals surface area contributed by atoms with Gasteiger partial charge in [0, 0.05) is 11.1 Å². The first kappa shape index (κ1) is 13.6. The molecule has 0 bridgehead atoms. The summed E-state index contributed by atoms with van der Waals surface area (Å²) in [6.07, 6.45) is 3.14. The fourth-order valence-electron chi connectivity index (χ4n) is 2.80. The second kappa shape index (κ2) is 5.53. The molecule has 2 aromatic carbocycles. The Hall–Kier alpha value is -2.41. The van der Waals surface area contributed by atoms with Crippen LogP contribution in [0.4, 0.5) is 0 Å². The number of rotatable bonds is 3. The van der Waals surface area contributed by atoms with Crippen molar-refractivity contribution in [3.8, 4) is 0 Å². The third-order valence-corrected chi connectivity index (χ3v) is 4.19. The topological polar surface area (TPSA) is 17.1 Å². The van der Waals surface area contributed by atoms with Crippen molar-refractivity contribution in [2.75, 3.05) is 0 Å². The second-order valence-corrected chi connectivity index (χ2v) is 5.44. The first-order valence-corrected chi connectivity index (χ1v) is 7.24. The summed E-state index contributed by atoms with van der Waals surface area (Å²) >= 11 is 0. The molecule has 104 valence electrons. The van der Waals surface area contributed by atoms with Gasteiger partial charge in [-0.1, -0.05) is 66.2 Å². The zero-order valence-electron chi connectivity index (χ0n) is 12.4. The van der Waals surface area contributed by atoms with Crippen molar-refractivity contribution in [3.05, 3.63) is 88.5 Å². The van der Waals surface area contributed by atoms with Crippen LogP contribution in [0.2, 0.25) is 0 Å². The van der Waals surface area contributed by atoms with Crippen LogP contribution < -0.4 is 0 Å². The molecule has 0 saturated heterocycles. The Bertz CT molecular complexity index is 748. The van der Waals surface area contributed by atoms with Crippen LogP contribution in [-0.2, 0) is 0 Å². The molecule has 0 saturated carbocycles. The number of carbonyl (C=O) groups is 1. The van der Waals surface area contributed by atoms with Gasteiger partial charge in [-0.3, -0.25) is 4.79 Å². The van der Waals surface area contributed by atoms with Crippen LogP contribution in [0, 0.1) is 0 Å². The molecule has 0 heterocycles. The Morgan fingerprint density at radius 1 is 0.905 bits per heavy atom. The molecule has 21 heavy (non-hydrogen) atoms. The highest BCUT2D eigenvalue weighted by atomic mass is 16.1. The van der Waals surface area contributed by atoms with Gasteiger partial charge >= 0.3 is 0 Å². The summed E-state index contributed by atoms with van der Waals surface area (Å²) in [5, 5.41) is 0. The van der Waals surface area contributed by atoms with E-state index in [9.17, 15) is 4.79 Å². The van der Waals surface area contributed by atoms with Crippen LogP contribution in [0.1, 0.15) is 41.8 Å². The van der Waals surface area contributed by atoms with Crippen molar-refractivity contribution in [2.45, 2.75) is 20.3 Å². The molecule has 1 aliphatic carbocycles. The van der Waals surface area contributed by atoms with Crippen LogP contribution in [0.5, 0.6) is 0 Å². The fraction of sp³-hybridized carbons (Fsp3) is 0.150. The van der Waals surface area contributed by atoms with Crippen molar-refractivity contribution in [3.63, 3.8) is 0 Å². The molecule has 3 rings (SSSR count). The molecule has 0 atom stereocenters. The Morgan fingerprint density at radius 2 is 1.57 bits per heavy atom. The lowest BCUT2D eigenvalue weighted by Crippen LogP contribution is -2.05. The first-order chi connectivity index (χ1) is 10.2. The predicted molar refractivity (Wildman–Crippen MR) is 87.3 cm³/mol. The number of allylic oxidation sites excluding steroid dienone is 4. The molecule has 0 spiro atoms. The predicted octanol–water partition coefficient (Wildman–Crippen LogP) is 5.04. The summed E-state index contributed by atoms with van der Waals surface area (Å²) in [5.74, 6) is 0.0936. The second-order valence-electron chi connectivity index (χ2n) is 5.44. The van der Waals surface area contributed by atoms with E-state index in [2.05, 4.69) is 26.0 Å². The van der Waals surface area contributed by atoms with Gasteiger partial charge in [0.15, 0.2) is 5.78 Å². The van der Waals surface area contributed by atoms with Gasteiger partial charge in [-0.2, -0.15) is 0 Å². The Morgan fingerprint density at radius 3 is 2.24 bits per heavy atom. The molecule has 2 aromatic rings. The quantitative estimate of drug-likeness (QED) is 0.716. The minimum absolute atomic E-state index is 0.0936. The molecule has 1 heteroatoms. The zero-order chi connectivity index (χ0) is 14.8. The van der Waals surface area contributed by atoms with E-state index in [-0.39, 0.29) is 5.78 Å². The minimum atomic E-state index is 0.0936. The average Bonchev–Trinajstić information content (AvgIpc) is 2.87. The third kappa shape index (κ3) is 2.47. The maximum Gasteiger partial charge on any atom is 0.193 e. The smallest absolute Gasteiger partial charge is 0.193 e. The van der Waals surface area contributed by atoms with Crippen molar-refractivity contribution >= 4 is 11.4 Å². The van der Waals surface area contributed by atoms with E-state index in [0.29, 0.717) is 0 Å². The number of benzene rings is 2. The van der Waals surface area contributed by atoms with Crippen LogP contribution in [-0.4, -0.2) is 5.78 Å². The Kier molecular flexibility index (Phi) is 3.57. The van der Waals surface area contributed by atoms with Crippen LogP contribution >= 0.6 is 0 Å². The van der Waals surface area contributed by atoms with Crippen molar-refractivity contribution < 1.29 is 4.79 Å². The largest absolute Gasteiger partial charge is 0.289 e. The van der Waals surface area contributed by atoms with E-state index < -0.39 is 0 Å². The number of hydrogen-bond donors (Lipinski definition) is 0. The Balaban J connectivity index is 2.08. The van der Waals surface area contributed by atoms with Crippen LogP contribution in [0.15, 0.2) is 71.8 Å². The number of ketones is 1. The molecule has 0 unspecified atom stereocenters. The molecule has 0 radical (unpaired) electrons. The lowest BCUT2D eigenvalue weighted by molar-refractivity contribution is 0.103. The van der Waals surface area contributed by atoms with E-state index in [1.54, 1.807) is 0 Å². The van der Waals surface area contributed by atoms with Gasteiger partial charge in [-0.05, 0) is 37.0 Å². The van der Waals surface area contributed by atoms with E-state index in [0.717, 1.165) is 23.1 Å². The summed E-state index contributed by atoms with van der Waals surface area (Å²) < 4.78 is 0. The van der Waals surface area contributed by atoms with Crippen molar-refractivity contribution in [1.29, 1.82) is 0 Å². The molecule has 0 aliphatic heterocycles. The molecule has 1 nitrogen and oxygen atoms in total. The fourth-order valence-corrected chi connectivity index (χ4v) is 2.80. The van der Waals surface area contributed by atoms with E-state index in [1.165, 1.54) is 16.7 Å². The van der Waals surface area contributed by atoms with E-state index in [1.807, 2.05) is 48.5 Å².